The first-order valence-corrected chi connectivity index (χ1v) is 6.42. The summed E-state index contributed by atoms with van der Waals surface area (Å²) in [4.78, 5) is 0. The van der Waals surface area contributed by atoms with Gasteiger partial charge in [0.2, 0.25) is 0 Å². The van der Waals surface area contributed by atoms with Gasteiger partial charge in [0.25, 0.3) is 0 Å². The third kappa shape index (κ3) is 3.23. The number of aryl methyl sites for hydroxylation is 1. The molecule has 1 heteroatoms. The molecule has 1 rings (SSSR count). The quantitative estimate of drug-likeness (QED) is 0.628. The van der Waals surface area contributed by atoms with Crippen LogP contribution in [0.4, 0.5) is 0 Å². The fraction of sp³-hybridized carbons (Fsp3) is 0.375. The van der Waals surface area contributed by atoms with Crippen LogP contribution in [0.1, 0.15) is 38.6 Å². The molecule has 92 valence electrons. The first-order valence-electron chi connectivity index (χ1n) is 6.42. The summed E-state index contributed by atoms with van der Waals surface area (Å²) in [5.74, 6) is 0. The molecular weight excluding hydrogens is 206 g/mol. The van der Waals surface area contributed by atoms with Crippen molar-refractivity contribution in [1.29, 1.82) is 0 Å². The summed E-state index contributed by atoms with van der Waals surface area (Å²) >= 11 is 0. The Morgan fingerprint density at radius 2 is 2.12 bits per heavy atom. The standard InChI is InChI=1S/C16H23N/c1-5-9-10-14(7-3)16-12-11-15(8-4)17(16)13-6-2/h5,7,9-12H,1,6,8,13H2,2-4H3/b10-9-,14-7+. The summed E-state index contributed by atoms with van der Waals surface area (Å²) < 4.78 is 2.42. The van der Waals surface area contributed by atoms with Crippen LogP contribution in [-0.2, 0) is 13.0 Å². The van der Waals surface area contributed by atoms with Gasteiger partial charge in [-0.15, -0.1) is 0 Å². The second kappa shape index (κ2) is 6.95. The molecule has 0 aromatic carbocycles. The summed E-state index contributed by atoms with van der Waals surface area (Å²) in [6, 6.07) is 4.45. The van der Waals surface area contributed by atoms with E-state index in [0.717, 1.165) is 19.4 Å². The van der Waals surface area contributed by atoms with E-state index < -0.39 is 0 Å². The molecule has 0 bridgehead atoms. The van der Waals surface area contributed by atoms with Crippen molar-refractivity contribution in [3.8, 4) is 0 Å². The summed E-state index contributed by atoms with van der Waals surface area (Å²) in [6.45, 7) is 11.3. The topological polar surface area (TPSA) is 4.93 Å². The van der Waals surface area contributed by atoms with Gasteiger partial charge in [-0.3, -0.25) is 0 Å². The van der Waals surface area contributed by atoms with Crippen LogP contribution in [0.15, 0.2) is 43.0 Å². The Morgan fingerprint density at radius 3 is 2.65 bits per heavy atom. The number of aromatic nitrogens is 1. The average Bonchev–Trinajstić information content (AvgIpc) is 2.74. The number of allylic oxidation sites excluding steroid dienone is 5. The molecule has 1 aromatic rings. The van der Waals surface area contributed by atoms with Gasteiger partial charge in [-0.25, -0.2) is 0 Å². The van der Waals surface area contributed by atoms with Crippen LogP contribution in [0, 0.1) is 0 Å². The Bertz CT molecular complexity index is 419. The molecule has 0 aliphatic rings. The first-order chi connectivity index (χ1) is 8.28. The third-order valence-corrected chi connectivity index (χ3v) is 2.90. The Hall–Kier alpha value is -1.50. The zero-order valence-electron chi connectivity index (χ0n) is 11.2. The van der Waals surface area contributed by atoms with E-state index >= 15 is 0 Å². The lowest BCUT2D eigenvalue weighted by molar-refractivity contribution is 0.647. The van der Waals surface area contributed by atoms with E-state index in [1.54, 1.807) is 0 Å². The van der Waals surface area contributed by atoms with Crippen molar-refractivity contribution < 1.29 is 0 Å². The molecule has 0 atom stereocenters. The smallest absolute Gasteiger partial charge is 0.0479 e. The van der Waals surface area contributed by atoms with Gasteiger partial charge in [0, 0.05) is 17.9 Å². The van der Waals surface area contributed by atoms with Gasteiger partial charge in [0.1, 0.15) is 0 Å². The second-order valence-electron chi connectivity index (χ2n) is 4.05. The first kappa shape index (κ1) is 13.6. The van der Waals surface area contributed by atoms with Gasteiger partial charge in [-0.05, 0) is 37.5 Å². The van der Waals surface area contributed by atoms with Crippen molar-refractivity contribution in [2.45, 2.75) is 40.2 Å². The molecule has 0 spiro atoms. The van der Waals surface area contributed by atoms with Crippen LogP contribution in [0.25, 0.3) is 5.57 Å². The normalized spacial score (nSPS) is 12.3. The van der Waals surface area contributed by atoms with Gasteiger partial charge in [0.05, 0.1) is 0 Å². The molecule has 0 unspecified atom stereocenters. The van der Waals surface area contributed by atoms with Crippen LogP contribution in [0.3, 0.4) is 0 Å². The largest absolute Gasteiger partial charge is 0.345 e. The molecule has 1 nitrogen and oxygen atoms in total. The monoisotopic (exact) mass is 229 g/mol. The Morgan fingerprint density at radius 1 is 1.35 bits per heavy atom. The Balaban J connectivity index is 3.15. The lowest BCUT2D eigenvalue weighted by atomic mass is 10.1. The predicted molar refractivity (Wildman–Crippen MR) is 77.1 cm³/mol. The molecule has 0 radical (unpaired) electrons. The molecule has 0 saturated carbocycles. The van der Waals surface area contributed by atoms with Crippen molar-refractivity contribution in [1.82, 2.24) is 4.57 Å². The van der Waals surface area contributed by atoms with E-state index in [-0.39, 0.29) is 0 Å². The summed E-state index contributed by atoms with van der Waals surface area (Å²) in [5, 5.41) is 0. The zero-order chi connectivity index (χ0) is 12.7. The molecule has 0 amide bonds. The fourth-order valence-corrected chi connectivity index (χ4v) is 2.06. The minimum absolute atomic E-state index is 1.09. The minimum Gasteiger partial charge on any atom is -0.345 e. The highest BCUT2D eigenvalue weighted by Crippen LogP contribution is 2.21. The molecule has 0 aliphatic carbocycles. The minimum atomic E-state index is 1.09. The van der Waals surface area contributed by atoms with E-state index in [1.165, 1.54) is 17.0 Å². The van der Waals surface area contributed by atoms with Crippen LogP contribution in [0.2, 0.25) is 0 Å². The van der Waals surface area contributed by atoms with Crippen LogP contribution < -0.4 is 0 Å². The molecule has 0 aliphatic heterocycles. The lowest BCUT2D eigenvalue weighted by Gasteiger charge is -2.12. The van der Waals surface area contributed by atoms with Gasteiger partial charge in [-0.1, -0.05) is 44.7 Å². The fourth-order valence-electron chi connectivity index (χ4n) is 2.06. The molecule has 0 saturated heterocycles. The van der Waals surface area contributed by atoms with E-state index in [2.05, 4.69) is 56.2 Å². The molecule has 17 heavy (non-hydrogen) atoms. The highest BCUT2D eigenvalue weighted by Gasteiger charge is 2.07. The SMILES string of the molecule is C=C/C=C\C(=C/C)c1ccc(CC)n1CCC. The Kier molecular flexibility index (Phi) is 5.55. The van der Waals surface area contributed by atoms with E-state index in [9.17, 15) is 0 Å². The number of hydrogen-bond donors (Lipinski definition) is 0. The predicted octanol–water partition coefficient (Wildman–Crippen LogP) is 4.61. The van der Waals surface area contributed by atoms with Crippen molar-refractivity contribution in [2.75, 3.05) is 0 Å². The lowest BCUT2D eigenvalue weighted by Crippen LogP contribution is -2.05. The highest BCUT2D eigenvalue weighted by molar-refractivity contribution is 5.72. The molecule has 1 heterocycles. The maximum Gasteiger partial charge on any atom is 0.0479 e. The highest BCUT2D eigenvalue weighted by atomic mass is 15.0. The van der Waals surface area contributed by atoms with Crippen molar-refractivity contribution in [3.05, 3.63) is 54.4 Å². The number of nitrogens with zero attached hydrogens (tertiary/aromatic N) is 1. The van der Waals surface area contributed by atoms with Crippen LogP contribution in [-0.4, -0.2) is 4.57 Å². The van der Waals surface area contributed by atoms with Crippen molar-refractivity contribution in [2.24, 2.45) is 0 Å². The van der Waals surface area contributed by atoms with Crippen LogP contribution >= 0.6 is 0 Å². The number of rotatable bonds is 6. The second-order valence-corrected chi connectivity index (χ2v) is 4.05. The van der Waals surface area contributed by atoms with Gasteiger partial charge in [0.15, 0.2) is 0 Å². The van der Waals surface area contributed by atoms with E-state index in [4.69, 9.17) is 0 Å². The number of hydrogen-bond acceptors (Lipinski definition) is 0. The summed E-state index contributed by atoms with van der Waals surface area (Å²) in [5.41, 5.74) is 3.98. The van der Waals surface area contributed by atoms with Crippen molar-refractivity contribution >= 4 is 5.57 Å². The maximum absolute atomic E-state index is 3.72. The van der Waals surface area contributed by atoms with Gasteiger partial charge < -0.3 is 4.57 Å². The van der Waals surface area contributed by atoms with Gasteiger partial charge >= 0.3 is 0 Å². The third-order valence-electron chi connectivity index (χ3n) is 2.90. The molecule has 0 N–H and O–H groups in total. The Labute approximate surface area is 105 Å². The summed E-state index contributed by atoms with van der Waals surface area (Å²) in [6.07, 6.45) is 10.3. The molecule has 1 aromatic heterocycles. The zero-order valence-corrected chi connectivity index (χ0v) is 11.2. The van der Waals surface area contributed by atoms with E-state index in [1.807, 2.05) is 12.2 Å². The maximum atomic E-state index is 3.72. The van der Waals surface area contributed by atoms with Crippen LogP contribution in [0.5, 0.6) is 0 Å². The van der Waals surface area contributed by atoms with E-state index in [0.29, 0.717) is 0 Å². The van der Waals surface area contributed by atoms with Gasteiger partial charge in [-0.2, -0.15) is 0 Å². The average molecular weight is 229 g/mol. The van der Waals surface area contributed by atoms with Crippen molar-refractivity contribution in [3.63, 3.8) is 0 Å². The summed E-state index contributed by atoms with van der Waals surface area (Å²) in [7, 11) is 0. The molecular formula is C16H23N. The molecule has 0 fully saturated rings.